The van der Waals surface area contributed by atoms with Crippen molar-refractivity contribution in [3.8, 4) is 0 Å². The molecule has 4 rings (SSSR count). The molecule has 0 aliphatic rings. The van der Waals surface area contributed by atoms with Crippen LogP contribution in [0.2, 0.25) is 0 Å². The summed E-state index contributed by atoms with van der Waals surface area (Å²) in [6.07, 6.45) is 1.27. The third kappa shape index (κ3) is 5.74. The van der Waals surface area contributed by atoms with Gasteiger partial charge in [-0.05, 0) is 48.0 Å². The minimum absolute atomic E-state index is 0.202. The van der Waals surface area contributed by atoms with Gasteiger partial charge in [-0.15, -0.1) is 0 Å². The highest BCUT2D eigenvalue weighted by molar-refractivity contribution is 7.92. The summed E-state index contributed by atoms with van der Waals surface area (Å²) in [6.45, 7) is 0. The number of aromatic nitrogens is 2. The average molecular weight is 464 g/mol. The van der Waals surface area contributed by atoms with E-state index in [2.05, 4.69) is 25.6 Å². The molecule has 3 aromatic carbocycles. The molecule has 0 spiro atoms. The van der Waals surface area contributed by atoms with Gasteiger partial charge in [0.1, 0.15) is 0 Å². The third-order valence-corrected chi connectivity index (χ3v) is 5.34. The second-order valence-electron chi connectivity index (χ2n) is 7.45. The molecule has 0 saturated heterocycles. The minimum atomic E-state index is -3.39. The Morgan fingerprint density at radius 3 is 2.30 bits per heavy atom. The van der Waals surface area contributed by atoms with Crippen molar-refractivity contribution < 1.29 is 18.0 Å². The number of nitrogens with one attached hydrogen (secondary N) is 4. The first-order valence-electron chi connectivity index (χ1n) is 9.98. The van der Waals surface area contributed by atoms with Gasteiger partial charge in [-0.3, -0.25) is 19.4 Å². The normalized spacial score (nSPS) is 11.2. The second kappa shape index (κ2) is 9.13. The zero-order valence-corrected chi connectivity index (χ0v) is 18.4. The molecule has 0 saturated carbocycles. The van der Waals surface area contributed by atoms with Crippen LogP contribution < -0.4 is 15.4 Å². The number of amides is 2. The number of nitrogens with zero attached hydrogens (tertiary/aromatic N) is 1. The molecule has 168 valence electrons. The monoisotopic (exact) mass is 463 g/mol. The van der Waals surface area contributed by atoms with Crippen LogP contribution in [0.5, 0.6) is 0 Å². The number of hydrogen-bond acceptors (Lipinski definition) is 5. The predicted molar refractivity (Wildman–Crippen MR) is 128 cm³/mol. The van der Waals surface area contributed by atoms with E-state index in [1.165, 1.54) is 24.3 Å². The van der Waals surface area contributed by atoms with E-state index in [9.17, 15) is 18.0 Å². The fourth-order valence-corrected chi connectivity index (χ4v) is 3.82. The van der Waals surface area contributed by atoms with Gasteiger partial charge in [0.2, 0.25) is 15.9 Å². The first kappa shape index (κ1) is 22.0. The van der Waals surface area contributed by atoms with Crippen molar-refractivity contribution in [2.24, 2.45) is 0 Å². The SMILES string of the molecule is CS(=O)(=O)Nc1ccc(C(=O)Nc2ccc3[nH]nc(NC(=O)Cc4ccccc4)c3c2)cc1. The maximum Gasteiger partial charge on any atom is 0.255 e. The summed E-state index contributed by atoms with van der Waals surface area (Å²) < 4.78 is 25.0. The first-order valence-corrected chi connectivity index (χ1v) is 11.9. The summed E-state index contributed by atoms with van der Waals surface area (Å²) >= 11 is 0. The highest BCUT2D eigenvalue weighted by Crippen LogP contribution is 2.25. The van der Waals surface area contributed by atoms with Crippen molar-refractivity contribution >= 4 is 49.9 Å². The van der Waals surface area contributed by atoms with Crippen molar-refractivity contribution in [3.63, 3.8) is 0 Å². The zero-order valence-electron chi connectivity index (χ0n) is 17.6. The number of anilines is 3. The lowest BCUT2D eigenvalue weighted by Crippen LogP contribution is -2.15. The molecule has 1 heterocycles. The number of aromatic amines is 1. The van der Waals surface area contributed by atoms with E-state index in [-0.39, 0.29) is 18.2 Å². The lowest BCUT2D eigenvalue weighted by Gasteiger charge is -2.08. The third-order valence-electron chi connectivity index (χ3n) is 4.74. The van der Waals surface area contributed by atoms with E-state index in [1.807, 2.05) is 30.3 Å². The molecule has 0 aliphatic carbocycles. The molecule has 0 aliphatic heterocycles. The van der Waals surface area contributed by atoms with Crippen LogP contribution in [-0.4, -0.2) is 36.7 Å². The number of H-pyrrole nitrogens is 1. The molecule has 10 heteroatoms. The molecule has 0 fully saturated rings. The number of benzene rings is 3. The number of carbonyl (C=O) groups excluding carboxylic acids is 2. The van der Waals surface area contributed by atoms with Crippen LogP contribution >= 0.6 is 0 Å². The van der Waals surface area contributed by atoms with Crippen LogP contribution in [0.1, 0.15) is 15.9 Å². The predicted octanol–water partition coefficient (Wildman–Crippen LogP) is 3.37. The van der Waals surface area contributed by atoms with E-state index in [0.717, 1.165) is 11.8 Å². The van der Waals surface area contributed by atoms with Crippen molar-refractivity contribution in [2.45, 2.75) is 6.42 Å². The average Bonchev–Trinajstić information content (AvgIpc) is 3.15. The number of fused-ring (bicyclic) bond motifs is 1. The van der Waals surface area contributed by atoms with E-state index in [0.29, 0.717) is 33.7 Å². The maximum absolute atomic E-state index is 12.6. The molecule has 0 unspecified atom stereocenters. The van der Waals surface area contributed by atoms with Crippen molar-refractivity contribution in [3.05, 3.63) is 83.9 Å². The Balaban J connectivity index is 1.46. The Morgan fingerprint density at radius 1 is 0.909 bits per heavy atom. The molecule has 0 atom stereocenters. The largest absolute Gasteiger partial charge is 0.322 e. The van der Waals surface area contributed by atoms with Gasteiger partial charge in [0.15, 0.2) is 5.82 Å². The fraction of sp³-hybridized carbons (Fsp3) is 0.0870. The second-order valence-corrected chi connectivity index (χ2v) is 9.20. The van der Waals surface area contributed by atoms with Gasteiger partial charge in [-0.2, -0.15) is 5.10 Å². The van der Waals surface area contributed by atoms with Crippen LogP contribution in [0, 0.1) is 0 Å². The molecule has 4 N–H and O–H groups in total. The number of carbonyl (C=O) groups is 2. The van der Waals surface area contributed by atoms with Crippen LogP contribution in [0.3, 0.4) is 0 Å². The van der Waals surface area contributed by atoms with Crippen LogP contribution in [0.25, 0.3) is 10.9 Å². The molecular weight excluding hydrogens is 442 g/mol. The van der Waals surface area contributed by atoms with Crippen molar-refractivity contribution in [2.75, 3.05) is 21.6 Å². The minimum Gasteiger partial charge on any atom is -0.322 e. The highest BCUT2D eigenvalue weighted by Gasteiger charge is 2.13. The van der Waals surface area contributed by atoms with Gasteiger partial charge in [0.05, 0.1) is 18.2 Å². The van der Waals surface area contributed by atoms with Gasteiger partial charge < -0.3 is 10.6 Å². The quantitative estimate of drug-likeness (QED) is 0.334. The molecule has 1 aromatic heterocycles. The number of sulfonamides is 1. The number of hydrogen-bond donors (Lipinski definition) is 4. The lowest BCUT2D eigenvalue weighted by molar-refractivity contribution is -0.115. The van der Waals surface area contributed by atoms with Gasteiger partial charge in [-0.25, -0.2) is 8.42 Å². The van der Waals surface area contributed by atoms with Crippen LogP contribution in [-0.2, 0) is 21.2 Å². The molecule has 0 bridgehead atoms. The standard InChI is InChI=1S/C23H21N5O4S/c1-33(31,32)28-17-9-7-16(8-10-17)23(30)24-18-11-12-20-19(14-18)22(27-26-20)25-21(29)13-15-5-3-2-4-6-15/h2-12,14,28H,13H2,1H3,(H,24,30)(H2,25,26,27,29). The summed E-state index contributed by atoms with van der Waals surface area (Å²) in [6, 6.07) is 20.6. The van der Waals surface area contributed by atoms with E-state index in [4.69, 9.17) is 0 Å². The first-order chi connectivity index (χ1) is 15.8. The van der Waals surface area contributed by atoms with Crippen molar-refractivity contribution in [1.82, 2.24) is 10.2 Å². The summed E-state index contributed by atoms with van der Waals surface area (Å²) in [7, 11) is -3.39. The summed E-state index contributed by atoms with van der Waals surface area (Å²) in [5.74, 6) is -0.191. The maximum atomic E-state index is 12.6. The van der Waals surface area contributed by atoms with Crippen LogP contribution in [0.15, 0.2) is 72.8 Å². The lowest BCUT2D eigenvalue weighted by atomic mass is 10.1. The van der Waals surface area contributed by atoms with Gasteiger partial charge in [0.25, 0.3) is 5.91 Å². The smallest absolute Gasteiger partial charge is 0.255 e. The molecule has 33 heavy (non-hydrogen) atoms. The zero-order chi connectivity index (χ0) is 23.4. The van der Waals surface area contributed by atoms with E-state index < -0.39 is 10.0 Å². The number of rotatable bonds is 7. The van der Waals surface area contributed by atoms with Crippen molar-refractivity contribution in [1.29, 1.82) is 0 Å². The fourth-order valence-electron chi connectivity index (χ4n) is 3.25. The Bertz CT molecular complexity index is 1410. The molecule has 2 amide bonds. The Labute approximate surface area is 190 Å². The summed E-state index contributed by atoms with van der Waals surface area (Å²) in [5, 5.41) is 13.3. The van der Waals surface area contributed by atoms with Gasteiger partial charge in [-0.1, -0.05) is 30.3 Å². The Kier molecular flexibility index (Phi) is 6.09. The van der Waals surface area contributed by atoms with Crippen LogP contribution in [0.4, 0.5) is 17.2 Å². The Hall–Kier alpha value is -4.18. The molecule has 0 radical (unpaired) electrons. The Morgan fingerprint density at radius 2 is 1.61 bits per heavy atom. The van der Waals surface area contributed by atoms with Gasteiger partial charge in [0, 0.05) is 22.3 Å². The summed E-state index contributed by atoms with van der Waals surface area (Å²) in [5.41, 5.74) is 2.84. The van der Waals surface area contributed by atoms with Gasteiger partial charge >= 0.3 is 0 Å². The molecule has 9 nitrogen and oxygen atoms in total. The highest BCUT2D eigenvalue weighted by atomic mass is 32.2. The topological polar surface area (TPSA) is 133 Å². The molecular formula is C23H21N5O4S. The van der Waals surface area contributed by atoms with E-state index >= 15 is 0 Å². The summed E-state index contributed by atoms with van der Waals surface area (Å²) in [4.78, 5) is 25.0. The molecule has 4 aromatic rings. The van der Waals surface area contributed by atoms with E-state index in [1.54, 1.807) is 18.2 Å².